The number of aliphatic hydroxyl groups is 1. The number of rotatable bonds is 2. The third-order valence-corrected chi connectivity index (χ3v) is 2.81. The number of amides is 1. The lowest BCUT2D eigenvalue weighted by Crippen LogP contribution is -2.43. The van der Waals surface area contributed by atoms with Crippen molar-refractivity contribution in [3.8, 4) is 0 Å². The molecule has 1 aliphatic rings. The Morgan fingerprint density at radius 2 is 2.26 bits per heavy atom. The number of hydrogen-bond acceptors (Lipinski definition) is 5. The highest BCUT2D eigenvalue weighted by molar-refractivity contribution is 5.98. The quantitative estimate of drug-likeness (QED) is 0.646. The molecule has 100 valence electrons. The molecular formula is C12H13N3O4. The molecule has 0 radical (unpaired) electrons. The van der Waals surface area contributed by atoms with E-state index in [1.807, 2.05) is 0 Å². The van der Waals surface area contributed by atoms with E-state index in [9.17, 15) is 20.0 Å². The van der Waals surface area contributed by atoms with Crippen LogP contribution in [0.25, 0.3) is 0 Å². The molecule has 0 aromatic heterocycles. The molecule has 1 unspecified atom stereocenters. The minimum Gasteiger partial charge on any atom is -0.369 e. The molecule has 1 aromatic carbocycles. The molecule has 19 heavy (non-hydrogen) atoms. The summed E-state index contributed by atoms with van der Waals surface area (Å²) in [6.07, 6.45) is 0.258. The molecule has 0 spiro atoms. The summed E-state index contributed by atoms with van der Waals surface area (Å²) in [6.45, 7) is 3.18. The van der Waals surface area contributed by atoms with Crippen LogP contribution in [0.1, 0.15) is 30.6 Å². The van der Waals surface area contributed by atoms with Crippen LogP contribution < -0.4 is 0 Å². The Morgan fingerprint density at radius 1 is 1.58 bits per heavy atom. The molecule has 1 aliphatic heterocycles. The fourth-order valence-electron chi connectivity index (χ4n) is 2.01. The molecule has 0 fully saturated rings. The highest BCUT2D eigenvalue weighted by atomic mass is 16.6. The largest absolute Gasteiger partial charge is 0.369 e. The number of carbonyl (C=O) groups is 1. The van der Waals surface area contributed by atoms with Crippen LogP contribution in [0.3, 0.4) is 0 Å². The SMILES string of the molecule is CC1=NN(C(=O)c2cccc([N+](=O)[O-])c2)C(C)(O)C1. The monoisotopic (exact) mass is 263 g/mol. The van der Waals surface area contributed by atoms with E-state index in [-0.39, 0.29) is 17.7 Å². The first-order valence-electron chi connectivity index (χ1n) is 5.67. The van der Waals surface area contributed by atoms with Crippen LogP contribution in [0.4, 0.5) is 5.69 Å². The zero-order valence-corrected chi connectivity index (χ0v) is 10.5. The van der Waals surface area contributed by atoms with Gasteiger partial charge in [-0.3, -0.25) is 14.9 Å². The van der Waals surface area contributed by atoms with E-state index < -0.39 is 16.6 Å². The molecular weight excluding hydrogens is 250 g/mol. The molecule has 1 N–H and O–H groups in total. The number of non-ortho nitro benzene ring substituents is 1. The van der Waals surface area contributed by atoms with Crippen molar-refractivity contribution in [2.75, 3.05) is 0 Å². The van der Waals surface area contributed by atoms with Crippen LogP contribution in [0.15, 0.2) is 29.4 Å². The number of benzene rings is 1. The Bertz CT molecular complexity index is 580. The third kappa shape index (κ3) is 2.45. The molecule has 7 nitrogen and oxygen atoms in total. The third-order valence-electron chi connectivity index (χ3n) is 2.81. The van der Waals surface area contributed by atoms with E-state index in [2.05, 4.69) is 5.10 Å². The second kappa shape index (κ2) is 4.43. The fourth-order valence-corrected chi connectivity index (χ4v) is 2.01. The molecule has 1 heterocycles. The van der Waals surface area contributed by atoms with Gasteiger partial charge < -0.3 is 5.11 Å². The van der Waals surface area contributed by atoms with Gasteiger partial charge >= 0.3 is 0 Å². The van der Waals surface area contributed by atoms with E-state index in [1.54, 1.807) is 6.92 Å². The minimum atomic E-state index is -1.40. The number of nitrogens with zero attached hydrogens (tertiary/aromatic N) is 3. The number of hydrazone groups is 1. The molecule has 1 amide bonds. The summed E-state index contributed by atoms with van der Waals surface area (Å²) in [4.78, 5) is 22.3. The van der Waals surface area contributed by atoms with Gasteiger partial charge in [-0.15, -0.1) is 0 Å². The normalized spacial score (nSPS) is 22.3. The van der Waals surface area contributed by atoms with Gasteiger partial charge in [0.1, 0.15) is 0 Å². The number of nitro benzene ring substituents is 1. The summed E-state index contributed by atoms with van der Waals surface area (Å²) in [5, 5.41) is 25.7. The first-order chi connectivity index (χ1) is 8.81. The van der Waals surface area contributed by atoms with Gasteiger partial charge in [0, 0.05) is 29.8 Å². The Labute approximate surface area is 109 Å². The van der Waals surface area contributed by atoms with E-state index in [0.717, 1.165) is 5.01 Å². The lowest BCUT2D eigenvalue weighted by atomic mass is 10.1. The fraction of sp³-hybridized carbons (Fsp3) is 0.333. The maximum atomic E-state index is 12.2. The van der Waals surface area contributed by atoms with Crippen LogP contribution in [-0.4, -0.2) is 32.4 Å². The maximum absolute atomic E-state index is 12.2. The van der Waals surface area contributed by atoms with Crippen molar-refractivity contribution in [3.63, 3.8) is 0 Å². The molecule has 0 saturated carbocycles. The molecule has 7 heteroatoms. The average molecular weight is 263 g/mol. The van der Waals surface area contributed by atoms with Crippen molar-refractivity contribution < 1.29 is 14.8 Å². The van der Waals surface area contributed by atoms with Crippen molar-refractivity contribution in [3.05, 3.63) is 39.9 Å². The van der Waals surface area contributed by atoms with Gasteiger partial charge in [0.25, 0.3) is 11.6 Å². The number of nitro groups is 1. The van der Waals surface area contributed by atoms with E-state index in [1.165, 1.54) is 31.2 Å². The number of carbonyl (C=O) groups excluding carboxylic acids is 1. The minimum absolute atomic E-state index is 0.118. The highest BCUT2D eigenvalue weighted by Crippen LogP contribution is 2.27. The van der Waals surface area contributed by atoms with Gasteiger partial charge in [0.05, 0.1) is 4.92 Å². The van der Waals surface area contributed by atoms with Gasteiger partial charge in [-0.05, 0) is 19.9 Å². The summed E-state index contributed by atoms with van der Waals surface area (Å²) < 4.78 is 0. The van der Waals surface area contributed by atoms with E-state index in [4.69, 9.17) is 0 Å². The van der Waals surface area contributed by atoms with Crippen LogP contribution in [-0.2, 0) is 0 Å². The van der Waals surface area contributed by atoms with Crippen molar-refractivity contribution in [2.24, 2.45) is 5.10 Å². The summed E-state index contributed by atoms with van der Waals surface area (Å²) in [5.41, 5.74) is -0.826. The predicted octanol–water partition coefficient (Wildman–Crippen LogP) is 1.53. The lowest BCUT2D eigenvalue weighted by Gasteiger charge is -2.26. The Hall–Kier alpha value is -2.28. The Kier molecular flexibility index (Phi) is 3.07. The first kappa shape index (κ1) is 13.2. The molecule has 1 aromatic rings. The van der Waals surface area contributed by atoms with Gasteiger partial charge in [-0.2, -0.15) is 10.1 Å². The predicted molar refractivity (Wildman–Crippen MR) is 67.6 cm³/mol. The zero-order valence-electron chi connectivity index (χ0n) is 10.5. The molecule has 0 bridgehead atoms. The van der Waals surface area contributed by atoms with Gasteiger partial charge in [-0.25, -0.2) is 0 Å². The highest BCUT2D eigenvalue weighted by Gasteiger charge is 2.39. The van der Waals surface area contributed by atoms with Crippen LogP contribution >= 0.6 is 0 Å². The van der Waals surface area contributed by atoms with Gasteiger partial charge in [-0.1, -0.05) is 6.07 Å². The second-order valence-electron chi connectivity index (χ2n) is 4.65. The first-order valence-corrected chi connectivity index (χ1v) is 5.67. The molecule has 1 atom stereocenters. The molecule has 0 aliphatic carbocycles. The average Bonchev–Trinajstić information content (AvgIpc) is 2.61. The number of hydrogen-bond donors (Lipinski definition) is 1. The molecule has 2 rings (SSSR count). The van der Waals surface area contributed by atoms with Crippen molar-refractivity contribution >= 4 is 17.3 Å². The van der Waals surface area contributed by atoms with Crippen LogP contribution in [0, 0.1) is 10.1 Å². The summed E-state index contributed by atoms with van der Waals surface area (Å²) in [5.74, 6) is -0.564. The van der Waals surface area contributed by atoms with Crippen molar-refractivity contribution in [1.29, 1.82) is 0 Å². The van der Waals surface area contributed by atoms with Gasteiger partial charge in [0.15, 0.2) is 5.72 Å². The van der Waals surface area contributed by atoms with Crippen LogP contribution in [0.2, 0.25) is 0 Å². The second-order valence-corrected chi connectivity index (χ2v) is 4.65. The Morgan fingerprint density at radius 3 is 2.79 bits per heavy atom. The maximum Gasteiger partial charge on any atom is 0.276 e. The standard InChI is InChI=1S/C12H13N3O4/c1-8-7-12(2,17)14(13-8)11(16)9-4-3-5-10(6-9)15(18)19/h3-6,17H,7H2,1-2H3. The lowest BCUT2D eigenvalue weighted by molar-refractivity contribution is -0.384. The smallest absolute Gasteiger partial charge is 0.276 e. The topological polar surface area (TPSA) is 96.0 Å². The zero-order chi connectivity index (χ0) is 14.2. The van der Waals surface area contributed by atoms with E-state index >= 15 is 0 Å². The summed E-state index contributed by atoms with van der Waals surface area (Å²) in [6, 6.07) is 5.34. The van der Waals surface area contributed by atoms with Crippen molar-refractivity contribution in [2.45, 2.75) is 26.0 Å². The summed E-state index contributed by atoms with van der Waals surface area (Å²) >= 11 is 0. The van der Waals surface area contributed by atoms with Crippen molar-refractivity contribution in [1.82, 2.24) is 5.01 Å². The summed E-state index contributed by atoms with van der Waals surface area (Å²) in [7, 11) is 0. The van der Waals surface area contributed by atoms with E-state index in [0.29, 0.717) is 5.71 Å². The molecule has 0 saturated heterocycles. The van der Waals surface area contributed by atoms with Gasteiger partial charge in [0.2, 0.25) is 0 Å². The Balaban J connectivity index is 2.35. The van der Waals surface area contributed by atoms with Crippen LogP contribution in [0.5, 0.6) is 0 Å².